The Morgan fingerprint density at radius 2 is 1.96 bits per heavy atom. The Morgan fingerprint density at radius 1 is 1.19 bits per heavy atom. The van der Waals surface area contributed by atoms with Crippen molar-refractivity contribution in [2.75, 3.05) is 11.9 Å². The SMILES string of the molecule is Cc1ccc(-c2csc(NC(=O)CCCOc3ccc(Cl)cc3C)n2)cc1. The van der Waals surface area contributed by atoms with Crippen molar-refractivity contribution in [2.45, 2.75) is 26.7 Å². The summed E-state index contributed by atoms with van der Waals surface area (Å²) in [6.45, 7) is 4.47. The van der Waals surface area contributed by atoms with Crippen molar-refractivity contribution in [3.8, 4) is 17.0 Å². The van der Waals surface area contributed by atoms with Crippen molar-refractivity contribution in [3.05, 3.63) is 64.0 Å². The summed E-state index contributed by atoms with van der Waals surface area (Å²) >= 11 is 7.36. The summed E-state index contributed by atoms with van der Waals surface area (Å²) in [5, 5.41) is 6.11. The first-order valence-electron chi connectivity index (χ1n) is 8.72. The van der Waals surface area contributed by atoms with Gasteiger partial charge < -0.3 is 10.1 Å². The van der Waals surface area contributed by atoms with Gasteiger partial charge in [0.2, 0.25) is 5.91 Å². The molecule has 1 heterocycles. The predicted octanol–water partition coefficient (Wildman–Crippen LogP) is 5.88. The molecular formula is C21H21ClN2O2S. The molecule has 0 unspecified atom stereocenters. The second-order valence-corrected chi connectivity index (χ2v) is 7.61. The van der Waals surface area contributed by atoms with Gasteiger partial charge in [0.05, 0.1) is 12.3 Å². The Balaban J connectivity index is 1.45. The highest BCUT2D eigenvalue weighted by molar-refractivity contribution is 7.14. The Bertz CT molecular complexity index is 922. The molecule has 0 fully saturated rings. The smallest absolute Gasteiger partial charge is 0.226 e. The van der Waals surface area contributed by atoms with Gasteiger partial charge in [-0.05, 0) is 44.0 Å². The highest BCUT2D eigenvalue weighted by Crippen LogP contribution is 2.25. The van der Waals surface area contributed by atoms with Gasteiger partial charge in [0.1, 0.15) is 5.75 Å². The molecule has 0 atom stereocenters. The van der Waals surface area contributed by atoms with E-state index in [2.05, 4.69) is 29.4 Å². The fourth-order valence-corrected chi connectivity index (χ4v) is 3.52. The standard InChI is InChI=1S/C21H21ClN2O2S/c1-14-5-7-16(8-6-14)18-13-27-21(23-18)24-20(25)4-3-11-26-19-10-9-17(22)12-15(19)2/h5-10,12-13H,3-4,11H2,1-2H3,(H,23,24,25). The first kappa shape index (κ1) is 19.4. The number of nitrogens with zero attached hydrogens (tertiary/aromatic N) is 1. The molecule has 0 radical (unpaired) electrons. The zero-order valence-electron chi connectivity index (χ0n) is 15.3. The normalized spacial score (nSPS) is 10.6. The largest absolute Gasteiger partial charge is 0.493 e. The maximum Gasteiger partial charge on any atom is 0.226 e. The number of ether oxygens (including phenoxy) is 1. The van der Waals surface area contributed by atoms with Crippen LogP contribution in [0.15, 0.2) is 47.8 Å². The first-order valence-corrected chi connectivity index (χ1v) is 9.98. The van der Waals surface area contributed by atoms with E-state index >= 15 is 0 Å². The number of anilines is 1. The molecular weight excluding hydrogens is 380 g/mol. The summed E-state index contributed by atoms with van der Waals surface area (Å²) in [6, 6.07) is 13.7. The molecule has 0 aliphatic rings. The highest BCUT2D eigenvalue weighted by Gasteiger charge is 2.08. The van der Waals surface area contributed by atoms with E-state index in [0.29, 0.717) is 29.6 Å². The number of benzene rings is 2. The third-order valence-electron chi connectivity index (χ3n) is 4.04. The van der Waals surface area contributed by atoms with Gasteiger partial charge >= 0.3 is 0 Å². The summed E-state index contributed by atoms with van der Waals surface area (Å²) in [5.74, 6) is 0.735. The van der Waals surface area contributed by atoms with Crippen LogP contribution in [0.4, 0.5) is 5.13 Å². The number of aryl methyl sites for hydroxylation is 2. The third-order valence-corrected chi connectivity index (χ3v) is 5.03. The lowest BCUT2D eigenvalue weighted by Crippen LogP contribution is -2.12. The van der Waals surface area contributed by atoms with Crippen molar-refractivity contribution in [2.24, 2.45) is 0 Å². The third kappa shape index (κ3) is 5.55. The maximum absolute atomic E-state index is 12.1. The number of hydrogen-bond acceptors (Lipinski definition) is 4. The summed E-state index contributed by atoms with van der Waals surface area (Å²) in [7, 11) is 0. The summed E-state index contributed by atoms with van der Waals surface area (Å²) in [4.78, 5) is 16.6. The van der Waals surface area contributed by atoms with Gasteiger partial charge in [0.25, 0.3) is 0 Å². The summed E-state index contributed by atoms with van der Waals surface area (Å²) < 4.78 is 5.71. The van der Waals surface area contributed by atoms with Gasteiger partial charge in [-0.1, -0.05) is 41.4 Å². The van der Waals surface area contributed by atoms with Crippen LogP contribution < -0.4 is 10.1 Å². The zero-order valence-corrected chi connectivity index (χ0v) is 16.9. The predicted molar refractivity (Wildman–Crippen MR) is 112 cm³/mol. The van der Waals surface area contributed by atoms with E-state index in [-0.39, 0.29) is 5.91 Å². The van der Waals surface area contributed by atoms with Crippen LogP contribution in [-0.4, -0.2) is 17.5 Å². The number of rotatable bonds is 7. The van der Waals surface area contributed by atoms with Gasteiger partial charge in [0, 0.05) is 22.4 Å². The van der Waals surface area contributed by atoms with E-state index in [1.165, 1.54) is 16.9 Å². The van der Waals surface area contributed by atoms with Crippen LogP contribution in [0.3, 0.4) is 0 Å². The minimum absolute atomic E-state index is 0.0590. The van der Waals surface area contributed by atoms with E-state index in [4.69, 9.17) is 16.3 Å². The summed E-state index contributed by atoms with van der Waals surface area (Å²) in [6.07, 6.45) is 1.01. The second-order valence-electron chi connectivity index (χ2n) is 6.31. The lowest BCUT2D eigenvalue weighted by molar-refractivity contribution is -0.116. The summed E-state index contributed by atoms with van der Waals surface area (Å²) in [5.41, 5.74) is 4.11. The minimum atomic E-state index is -0.0590. The topological polar surface area (TPSA) is 51.2 Å². The number of aromatic nitrogens is 1. The fraction of sp³-hybridized carbons (Fsp3) is 0.238. The van der Waals surface area contributed by atoms with E-state index in [0.717, 1.165) is 22.6 Å². The maximum atomic E-state index is 12.1. The molecule has 3 rings (SSSR count). The molecule has 6 heteroatoms. The number of halogens is 1. The van der Waals surface area contributed by atoms with Gasteiger partial charge in [-0.3, -0.25) is 4.79 Å². The van der Waals surface area contributed by atoms with Gasteiger partial charge in [0.15, 0.2) is 5.13 Å². The molecule has 1 aromatic heterocycles. The van der Waals surface area contributed by atoms with Crippen molar-refractivity contribution in [3.63, 3.8) is 0 Å². The number of carbonyl (C=O) groups is 1. The van der Waals surface area contributed by atoms with Crippen LogP contribution in [-0.2, 0) is 4.79 Å². The van der Waals surface area contributed by atoms with E-state index in [1.807, 2.05) is 36.6 Å². The number of amides is 1. The Labute approximate surface area is 168 Å². The number of carbonyl (C=O) groups excluding carboxylic acids is 1. The van der Waals surface area contributed by atoms with Crippen molar-refractivity contribution < 1.29 is 9.53 Å². The molecule has 27 heavy (non-hydrogen) atoms. The number of thiazole rings is 1. The van der Waals surface area contributed by atoms with E-state index in [1.54, 1.807) is 6.07 Å². The molecule has 0 bridgehead atoms. The quantitative estimate of drug-likeness (QED) is 0.504. The van der Waals surface area contributed by atoms with E-state index < -0.39 is 0 Å². The van der Waals surface area contributed by atoms with Gasteiger partial charge in [-0.2, -0.15) is 0 Å². The molecule has 1 amide bonds. The molecule has 0 aliphatic heterocycles. The lowest BCUT2D eigenvalue weighted by Gasteiger charge is -2.09. The average molecular weight is 401 g/mol. The van der Waals surface area contributed by atoms with Crippen LogP contribution in [0.1, 0.15) is 24.0 Å². The fourth-order valence-electron chi connectivity index (χ4n) is 2.56. The highest BCUT2D eigenvalue weighted by atomic mass is 35.5. The molecule has 4 nitrogen and oxygen atoms in total. The average Bonchev–Trinajstić information content (AvgIpc) is 3.09. The van der Waals surface area contributed by atoms with Gasteiger partial charge in [-0.15, -0.1) is 11.3 Å². The van der Waals surface area contributed by atoms with Crippen LogP contribution in [0.25, 0.3) is 11.3 Å². The molecule has 0 aliphatic carbocycles. The zero-order chi connectivity index (χ0) is 19.2. The molecule has 1 N–H and O–H groups in total. The van der Waals surface area contributed by atoms with Crippen LogP contribution in [0.2, 0.25) is 5.02 Å². The Morgan fingerprint density at radius 3 is 2.70 bits per heavy atom. The van der Waals surface area contributed by atoms with Crippen molar-refractivity contribution in [1.29, 1.82) is 0 Å². The molecule has 0 spiro atoms. The Hall–Kier alpha value is -2.37. The van der Waals surface area contributed by atoms with Crippen molar-refractivity contribution >= 4 is 34.0 Å². The second kappa shape index (κ2) is 9.02. The lowest BCUT2D eigenvalue weighted by atomic mass is 10.1. The number of hydrogen-bond donors (Lipinski definition) is 1. The molecule has 3 aromatic rings. The van der Waals surface area contributed by atoms with Gasteiger partial charge in [-0.25, -0.2) is 4.98 Å². The van der Waals surface area contributed by atoms with Crippen LogP contribution in [0, 0.1) is 13.8 Å². The van der Waals surface area contributed by atoms with Crippen LogP contribution in [0.5, 0.6) is 5.75 Å². The Kier molecular flexibility index (Phi) is 6.48. The van der Waals surface area contributed by atoms with E-state index in [9.17, 15) is 4.79 Å². The molecule has 0 saturated carbocycles. The van der Waals surface area contributed by atoms with Crippen LogP contribution >= 0.6 is 22.9 Å². The first-order chi connectivity index (χ1) is 13.0. The van der Waals surface area contributed by atoms with Crippen molar-refractivity contribution in [1.82, 2.24) is 4.98 Å². The molecule has 0 saturated heterocycles. The monoisotopic (exact) mass is 400 g/mol. The molecule has 140 valence electrons. The number of nitrogens with one attached hydrogen (secondary N) is 1. The minimum Gasteiger partial charge on any atom is -0.493 e. The molecule has 2 aromatic carbocycles.